The zero-order chi connectivity index (χ0) is 12.8. The highest BCUT2D eigenvalue weighted by Crippen LogP contribution is 2.57. The van der Waals surface area contributed by atoms with Gasteiger partial charge in [0.1, 0.15) is 6.04 Å². The molecule has 2 aliphatic rings. The largest absolute Gasteiger partial charge is 0.330 e. The second-order valence-electron chi connectivity index (χ2n) is 6.78. The van der Waals surface area contributed by atoms with Crippen molar-refractivity contribution in [2.45, 2.75) is 31.7 Å². The summed E-state index contributed by atoms with van der Waals surface area (Å²) in [5.41, 5.74) is 9.52. The summed E-state index contributed by atoms with van der Waals surface area (Å²) in [4.78, 5) is 0. The highest BCUT2D eigenvalue weighted by molar-refractivity contribution is 5.37. The number of nitrogens with zero attached hydrogens (tertiary/aromatic N) is 1. The van der Waals surface area contributed by atoms with Crippen LogP contribution in [-0.2, 0) is 6.42 Å². The van der Waals surface area contributed by atoms with Gasteiger partial charge in [-0.25, -0.2) is 0 Å². The minimum absolute atomic E-state index is 0.431. The number of quaternary nitrogens is 1. The molecule has 1 aliphatic heterocycles. The monoisotopic (exact) mass is 245 g/mol. The highest BCUT2D eigenvalue weighted by atomic mass is 15.3. The normalized spacial score (nSPS) is 32.9. The molecular formula is C16H25N2+. The van der Waals surface area contributed by atoms with Crippen LogP contribution in [0.1, 0.15) is 36.4 Å². The Morgan fingerprint density at radius 2 is 2.11 bits per heavy atom. The SMILES string of the molecule is C[N+]1(C)CCCC2(CCN)Cc3ccccc3C21. The van der Waals surface area contributed by atoms with E-state index < -0.39 is 0 Å². The molecule has 0 saturated carbocycles. The molecule has 0 amide bonds. The summed E-state index contributed by atoms with van der Waals surface area (Å²) in [6, 6.07) is 9.72. The molecule has 1 heterocycles. The van der Waals surface area contributed by atoms with Gasteiger partial charge < -0.3 is 10.2 Å². The fourth-order valence-electron chi connectivity index (χ4n) is 4.72. The van der Waals surface area contributed by atoms with Gasteiger partial charge in [-0.05, 0) is 37.8 Å². The predicted molar refractivity (Wildman–Crippen MR) is 75.2 cm³/mol. The van der Waals surface area contributed by atoms with Crippen molar-refractivity contribution in [3.05, 3.63) is 35.4 Å². The van der Waals surface area contributed by atoms with Crippen LogP contribution in [0.5, 0.6) is 0 Å². The highest BCUT2D eigenvalue weighted by Gasteiger charge is 2.55. The third-order valence-corrected chi connectivity index (χ3v) is 5.22. The Bertz CT molecular complexity index is 448. The maximum absolute atomic E-state index is 5.93. The van der Waals surface area contributed by atoms with Gasteiger partial charge in [0, 0.05) is 11.0 Å². The Morgan fingerprint density at radius 3 is 2.89 bits per heavy atom. The molecule has 3 rings (SSSR count). The Labute approximate surface area is 110 Å². The quantitative estimate of drug-likeness (QED) is 0.796. The lowest BCUT2D eigenvalue weighted by Crippen LogP contribution is -2.54. The van der Waals surface area contributed by atoms with E-state index in [0.29, 0.717) is 11.5 Å². The first kappa shape index (κ1) is 12.2. The number of rotatable bonds is 2. The van der Waals surface area contributed by atoms with Crippen LogP contribution in [0.2, 0.25) is 0 Å². The van der Waals surface area contributed by atoms with Crippen LogP contribution in [0.25, 0.3) is 0 Å². The summed E-state index contributed by atoms with van der Waals surface area (Å²) in [6.07, 6.45) is 5.11. The van der Waals surface area contributed by atoms with E-state index in [2.05, 4.69) is 38.4 Å². The molecule has 1 saturated heterocycles. The molecule has 0 aromatic heterocycles. The predicted octanol–water partition coefficient (Wildman–Crippen LogP) is 2.49. The summed E-state index contributed by atoms with van der Waals surface area (Å²) in [6.45, 7) is 2.12. The van der Waals surface area contributed by atoms with Crippen molar-refractivity contribution in [3.8, 4) is 0 Å². The van der Waals surface area contributed by atoms with Gasteiger partial charge in [-0.2, -0.15) is 0 Å². The first-order chi connectivity index (χ1) is 8.59. The van der Waals surface area contributed by atoms with Crippen LogP contribution >= 0.6 is 0 Å². The molecule has 2 nitrogen and oxygen atoms in total. The smallest absolute Gasteiger partial charge is 0.121 e. The number of benzene rings is 1. The molecule has 1 aromatic carbocycles. The first-order valence-corrected chi connectivity index (χ1v) is 7.20. The molecule has 98 valence electrons. The summed E-state index contributed by atoms with van der Waals surface area (Å²) in [5.74, 6) is 0. The van der Waals surface area contributed by atoms with Crippen molar-refractivity contribution in [2.24, 2.45) is 11.1 Å². The zero-order valence-electron chi connectivity index (χ0n) is 11.7. The number of piperidine rings is 1. The summed E-state index contributed by atoms with van der Waals surface area (Å²) in [5, 5.41) is 0. The van der Waals surface area contributed by atoms with Gasteiger partial charge in [-0.1, -0.05) is 24.3 Å². The molecule has 1 fully saturated rings. The zero-order valence-corrected chi connectivity index (χ0v) is 11.7. The summed E-state index contributed by atoms with van der Waals surface area (Å²) < 4.78 is 1.14. The topological polar surface area (TPSA) is 26.0 Å². The number of fused-ring (bicyclic) bond motifs is 3. The Balaban J connectivity index is 2.10. The molecule has 2 atom stereocenters. The van der Waals surface area contributed by atoms with Crippen LogP contribution < -0.4 is 5.73 Å². The van der Waals surface area contributed by atoms with Gasteiger partial charge >= 0.3 is 0 Å². The standard InChI is InChI=1S/C16H25N2/c1-18(2)11-5-8-16(9-10-17)12-13-6-3-4-7-14(13)15(16)18/h3-4,6-7,15H,5,8-12,17H2,1-2H3/q+1. The second-order valence-corrected chi connectivity index (χ2v) is 6.78. The van der Waals surface area contributed by atoms with Crippen molar-refractivity contribution < 1.29 is 4.48 Å². The third-order valence-electron chi connectivity index (χ3n) is 5.22. The fraction of sp³-hybridized carbons (Fsp3) is 0.625. The Morgan fingerprint density at radius 1 is 1.33 bits per heavy atom. The molecule has 0 spiro atoms. The third kappa shape index (κ3) is 1.63. The van der Waals surface area contributed by atoms with Gasteiger partial charge in [0.25, 0.3) is 0 Å². The van der Waals surface area contributed by atoms with Crippen LogP contribution in [-0.4, -0.2) is 31.7 Å². The van der Waals surface area contributed by atoms with Crippen LogP contribution in [0.3, 0.4) is 0 Å². The van der Waals surface area contributed by atoms with Gasteiger partial charge in [0.15, 0.2) is 0 Å². The lowest BCUT2D eigenvalue weighted by molar-refractivity contribution is -0.934. The maximum Gasteiger partial charge on any atom is 0.121 e. The molecule has 0 bridgehead atoms. The van der Waals surface area contributed by atoms with E-state index in [4.69, 9.17) is 5.73 Å². The van der Waals surface area contributed by atoms with E-state index in [9.17, 15) is 0 Å². The molecule has 1 aromatic rings. The Hall–Kier alpha value is -0.860. The molecule has 2 unspecified atom stereocenters. The molecule has 1 aliphatic carbocycles. The van der Waals surface area contributed by atoms with Crippen molar-refractivity contribution in [1.82, 2.24) is 0 Å². The van der Waals surface area contributed by atoms with Crippen LogP contribution in [0.4, 0.5) is 0 Å². The molecular weight excluding hydrogens is 220 g/mol. The van der Waals surface area contributed by atoms with Crippen molar-refractivity contribution in [2.75, 3.05) is 27.2 Å². The average molecular weight is 245 g/mol. The van der Waals surface area contributed by atoms with Gasteiger partial charge in [-0.3, -0.25) is 0 Å². The summed E-state index contributed by atoms with van der Waals surface area (Å²) >= 11 is 0. The van der Waals surface area contributed by atoms with Crippen molar-refractivity contribution >= 4 is 0 Å². The number of hydrogen-bond donors (Lipinski definition) is 1. The van der Waals surface area contributed by atoms with Gasteiger partial charge in [0.05, 0.1) is 20.6 Å². The minimum Gasteiger partial charge on any atom is -0.330 e. The lowest BCUT2D eigenvalue weighted by atomic mass is 9.70. The minimum atomic E-state index is 0.431. The van der Waals surface area contributed by atoms with Crippen molar-refractivity contribution in [3.63, 3.8) is 0 Å². The lowest BCUT2D eigenvalue weighted by Gasteiger charge is -2.50. The molecule has 2 heteroatoms. The van der Waals surface area contributed by atoms with Gasteiger partial charge in [-0.15, -0.1) is 0 Å². The molecule has 18 heavy (non-hydrogen) atoms. The molecule has 0 radical (unpaired) electrons. The Kier molecular flexibility index (Phi) is 2.76. The van der Waals surface area contributed by atoms with Crippen LogP contribution in [0, 0.1) is 5.41 Å². The first-order valence-electron chi connectivity index (χ1n) is 7.20. The van der Waals surface area contributed by atoms with E-state index in [1.165, 1.54) is 32.2 Å². The van der Waals surface area contributed by atoms with E-state index in [-0.39, 0.29) is 0 Å². The van der Waals surface area contributed by atoms with Gasteiger partial charge in [0.2, 0.25) is 0 Å². The van der Waals surface area contributed by atoms with E-state index in [1.807, 2.05) is 0 Å². The van der Waals surface area contributed by atoms with E-state index >= 15 is 0 Å². The number of likely N-dealkylation sites (tertiary alicyclic amines) is 1. The number of hydrogen-bond acceptors (Lipinski definition) is 1. The number of nitrogens with two attached hydrogens (primary N) is 1. The van der Waals surface area contributed by atoms with E-state index in [1.54, 1.807) is 11.1 Å². The van der Waals surface area contributed by atoms with Crippen molar-refractivity contribution in [1.29, 1.82) is 0 Å². The molecule has 2 N–H and O–H groups in total. The average Bonchev–Trinajstić information content (AvgIpc) is 2.64. The summed E-state index contributed by atoms with van der Waals surface area (Å²) in [7, 11) is 4.80. The van der Waals surface area contributed by atoms with E-state index in [0.717, 1.165) is 11.0 Å². The van der Waals surface area contributed by atoms with Crippen LogP contribution in [0.15, 0.2) is 24.3 Å². The fourth-order valence-corrected chi connectivity index (χ4v) is 4.72. The maximum atomic E-state index is 5.93. The second kappa shape index (κ2) is 4.07.